The van der Waals surface area contributed by atoms with Crippen LogP contribution in [-0.2, 0) is 11.2 Å². The third-order valence-corrected chi connectivity index (χ3v) is 6.44. The van der Waals surface area contributed by atoms with Gasteiger partial charge in [-0.1, -0.05) is 23.2 Å². The molecular formula is C23H26Cl2N4O2. The zero-order chi connectivity index (χ0) is 22.1. The molecule has 2 N–H and O–H groups in total. The first-order chi connectivity index (χ1) is 14.9. The van der Waals surface area contributed by atoms with Crippen LogP contribution in [0.1, 0.15) is 35.3 Å². The first-order valence-electron chi connectivity index (χ1n) is 10.3. The summed E-state index contributed by atoms with van der Waals surface area (Å²) in [4.78, 5) is 0. The van der Waals surface area contributed by atoms with Crippen LogP contribution < -0.4 is 10.5 Å². The van der Waals surface area contributed by atoms with Gasteiger partial charge in [-0.3, -0.25) is 4.57 Å². The number of aryl methyl sites for hydroxylation is 2. The number of nitrogens with two attached hydrogens (primary N) is 1. The minimum absolute atomic E-state index is 0.0723. The van der Waals surface area contributed by atoms with Crippen molar-refractivity contribution in [3.05, 3.63) is 69.2 Å². The van der Waals surface area contributed by atoms with E-state index in [2.05, 4.69) is 10.2 Å². The van der Waals surface area contributed by atoms with Gasteiger partial charge in [-0.25, -0.2) is 0 Å². The maximum atomic E-state index is 6.54. The Labute approximate surface area is 192 Å². The lowest BCUT2D eigenvalue weighted by Gasteiger charge is -2.27. The zero-order valence-electron chi connectivity index (χ0n) is 17.8. The van der Waals surface area contributed by atoms with Crippen LogP contribution in [0.4, 0.5) is 0 Å². The van der Waals surface area contributed by atoms with Crippen molar-refractivity contribution in [1.82, 2.24) is 14.8 Å². The summed E-state index contributed by atoms with van der Waals surface area (Å²) in [5, 5.41) is 9.51. The Hall–Kier alpha value is -2.12. The van der Waals surface area contributed by atoms with Crippen LogP contribution >= 0.6 is 23.2 Å². The molecule has 0 bridgehead atoms. The van der Waals surface area contributed by atoms with Crippen LogP contribution in [-0.4, -0.2) is 34.5 Å². The van der Waals surface area contributed by atoms with E-state index in [1.807, 2.05) is 48.7 Å². The molecule has 0 amide bonds. The normalized spacial score (nSPS) is 18.8. The quantitative estimate of drug-likeness (QED) is 0.545. The number of fused-ring (bicyclic) bond motifs is 1. The molecule has 1 aromatic heterocycles. The lowest BCUT2D eigenvalue weighted by Crippen LogP contribution is -2.35. The van der Waals surface area contributed by atoms with Crippen molar-refractivity contribution in [2.45, 2.75) is 38.8 Å². The first kappa shape index (κ1) is 22.1. The number of rotatable bonds is 7. The number of aromatic nitrogens is 3. The third-order valence-electron chi connectivity index (χ3n) is 5.88. The molecule has 8 heteroatoms. The average Bonchev–Trinajstić information content (AvgIpc) is 3.27. The highest BCUT2D eigenvalue weighted by Gasteiger charge is 2.39. The molecule has 0 saturated heterocycles. The van der Waals surface area contributed by atoms with Gasteiger partial charge in [0.2, 0.25) is 0 Å². The number of benzene rings is 2. The van der Waals surface area contributed by atoms with Crippen molar-refractivity contribution >= 4 is 23.2 Å². The molecule has 0 saturated carbocycles. The molecular weight excluding hydrogens is 435 g/mol. The Morgan fingerprint density at radius 3 is 2.45 bits per heavy atom. The standard InChI is InChI=1S/C23H26Cl2N4O2/c1-13-27-28-14(2)29(13)16-4-6-17(7-5-16)31-23-19-10-15(24)11-21(25)18(19)12-20(23)22(26)8-9-30-3/h4-7,10-11,20,22-23H,8-9,12,26H2,1-3H3/t20-,22?,23+/m0/s1. The Kier molecular flexibility index (Phi) is 6.53. The Balaban J connectivity index is 1.63. The van der Waals surface area contributed by atoms with Crippen molar-refractivity contribution < 1.29 is 9.47 Å². The molecule has 3 aromatic rings. The van der Waals surface area contributed by atoms with Crippen LogP contribution in [0.3, 0.4) is 0 Å². The van der Waals surface area contributed by atoms with Crippen LogP contribution in [0.2, 0.25) is 10.0 Å². The number of ether oxygens (including phenoxy) is 2. The molecule has 1 heterocycles. The molecule has 31 heavy (non-hydrogen) atoms. The van der Waals surface area contributed by atoms with Gasteiger partial charge in [0.15, 0.2) is 0 Å². The third kappa shape index (κ3) is 4.44. The summed E-state index contributed by atoms with van der Waals surface area (Å²) in [6, 6.07) is 11.5. The van der Waals surface area contributed by atoms with Gasteiger partial charge in [0.05, 0.1) is 0 Å². The van der Waals surface area contributed by atoms with E-state index in [1.165, 1.54) is 0 Å². The highest BCUT2D eigenvalue weighted by molar-refractivity contribution is 6.35. The van der Waals surface area contributed by atoms with E-state index in [9.17, 15) is 0 Å². The monoisotopic (exact) mass is 460 g/mol. The number of nitrogens with zero attached hydrogens (tertiary/aromatic N) is 3. The maximum Gasteiger partial charge on any atom is 0.134 e. The maximum absolute atomic E-state index is 6.54. The Morgan fingerprint density at radius 2 is 1.81 bits per heavy atom. The summed E-state index contributed by atoms with van der Waals surface area (Å²) >= 11 is 12.8. The van der Waals surface area contributed by atoms with Gasteiger partial charge in [-0.05, 0) is 74.2 Å². The molecule has 1 aliphatic rings. The molecule has 2 aromatic carbocycles. The Morgan fingerprint density at radius 1 is 1.13 bits per heavy atom. The first-order valence-corrected chi connectivity index (χ1v) is 11.0. The van der Waals surface area contributed by atoms with E-state index in [-0.39, 0.29) is 18.1 Å². The predicted molar refractivity (Wildman–Crippen MR) is 122 cm³/mol. The highest BCUT2D eigenvalue weighted by Crippen LogP contribution is 2.45. The fourth-order valence-electron chi connectivity index (χ4n) is 4.32. The van der Waals surface area contributed by atoms with Crippen molar-refractivity contribution in [3.8, 4) is 11.4 Å². The van der Waals surface area contributed by atoms with E-state index in [0.29, 0.717) is 16.7 Å². The van der Waals surface area contributed by atoms with Crippen LogP contribution in [0.25, 0.3) is 5.69 Å². The number of hydrogen-bond acceptors (Lipinski definition) is 5. The second-order valence-corrected chi connectivity index (χ2v) is 8.77. The van der Waals surface area contributed by atoms with E-state index >= 15 is 0 Å². The molecule has 1 unspecified atom stereocenters. The molecule has 0 fully saturated rings. The van der Waals surface area contributed by atoms with E-state index in [4.69, 9.17) is 38.4 Å². The fraction of sp³-hybridized carbons (Fsp3) is 0.391. The molecule has 164 valence electrons. The molecule has 1 aliphatic carbocycles. The number of halogens is 2. The number of methoxy groups -OCH3 is 1. The Bertz CT molecular complexity index is 1050. The summed E-state index contributed by atoms with van der Waals surface area (Å²) in [5.74, 6) is 2.50. The van der Waals surface area contributed by atoms with Crippen LogP contribution in [0, 0.1) is 19.8 Å². The van der Waals surface area contributed by atoms with Gasteiger partial charge in [0, 0.05) is 41.4 Å². The SMILES string of the molecule is COCCC(N)[C@@H]1Cc2c(Cl)cc(Cl)cc2[C@H]1Oc1ccc(-n2c(C)nnc2C)cc1. The van der Waals surface area contributed by atoms with Crippen molar-refractivity contribution in [1.29, 1.82) is 0 Å². The second kappa shape index (κ2) is 9.17. The van der Waals surface area contributed by atoms with E-state index in [0.717, 1.165) is 47.1 Å². The van der Waals surface area contributed by atoms with Gasteiger partial charge in [-0.15, -0.1) is 10.2 Å². The average molecular weight is 461 g/mol. The zero-order valence-corrected chi connectivity index (χ0v) is 19.3. The minimum atomic E-state index is -0.234. The van der Waals surface area contributed by atoms with Gasteiger partial charge >= 0.3 is 0 Å². The topological polar surface area (TPSA) is 75.2 Å². The van der Waals surface area contributed by atoms with E-state index in [1.54, 1.807) is 13.2 Å². The molecule has 0 spiro atoms. The summed E-state index contributed by atoms with van der Waals surface area (Å²) in [5.41, 5.74) is 9.59. The minimum Gasteiger partial charge on any atom is -0.485 e. The van der Waals surface area contributed by atoms with Crippen molar-refractivity contribution in [2.75, 3.05) is 13.7 Å². The van der Waals surface area contributed by atoms with Crippen LogP contribution in [0.15, 0.2) is 36.4 Å². The van der Waals surface area contributed by atoms with Gasteiger partial charge in [0.1, 0.15) is 23.5 Å². The summed E-state index contributed by atoms with van der Waals surface area (Å²) in [7, 11) is 1.68. The fourth-order valence-corrected chi connectivity index (χ4v) is 4.91. The summed E-state index contributed by atoms with van der Waals surface area (Å²) < 4.78 is 13.7. The lowest BCUT2D eigenvalue weighted by atomic mass is 9.92. The number of hydrogen-bond donors (Lipinski definition) is 1. The molecule has 3 atom stereocenters. The van der Waals surface area contributed by atoms with Gasteiger partial charge < -0.3 is 15.2 Å². The van der Waals surface area contributed by atoms with Crippen molar-refractivity contribution in [3.63, 3.8) is 0 Å². The largest absolute Gasteiger partial charge is 0.485 e. The van der Waals surface area contributed by atoms with Crippen molar-refractivity contribution in [2.24, 2.45) is 11.7 Å². The summed E-state index contributed by atoms with van der Waals surface area (Å²) in [6.07, 6.45) is 1.26. The predicted octanol–water partition coefficient (Wildman–Crippen LogP) is 4.85. The molecule has 6 nitrogen and oxygen atoms in total. The molecule has 4 rings (SSSR count). The van der Waals surface area contributed by atoms with Gasteiger partial charge in [-0.2, -0.15) is 0 Å². The highest BCUT2D eigenvalue weighted by atomic mass is 35.5. The smallest absolute Gasteiger partial charge is 0.134 e. The second-order valence-electron chi connectivity index (χ2n) is 7.93. The molecule has 0 aliphatic heterocycles. The lowest BCUT2D eigenvalue weighted by molar-refractivity contribution is 0.115. The summed E-state index contributed by atoms with van der Waals surface area (Å²) in [6.45, 7) is 4.46. The van der Waals surface area contributed by atoms with E-state index < -0.39 is 0 Å². The van der Waals surface area contributed by atoms with Crippen LogP contribution in [0.5, 0.6) is 5.75 Å². The van der Waals surface area contributed by atoms with Gasteiger partial charge in [0.25, 0.3) is 0 Å². The molecule has 0 radical (unpaired) electrons.